The average Bonchev–Trinajstić information content (AvgIpc) is 2.97. The van der Waals surface area contributed by atoms with Gasteiger partial charge in [0.2, 0.25) is 0 Å². The third kappa shape index (κ3) is 9.79. The number of Topliss-reactive ketones (excluding diaryl/α,β-unsaturated/α-hetero) is 1. The van der Waals surface area contributed by atoms with E-state index in [4.69, 9.17) is 0 Å². The topological polar surface area (TPSA) is 44.1 Å². The summed E-state index contributed by atoms with van der Waals surface area (Å²) in [7, 11) is 0. The Hall–Kier alpha value is -2.67. The van der Waals surface area contributed by atoms with Crippen molar-refractivity contribution in [1.82, 2.24) is 0 Å². The largest absolute Gasteiger partial charge is 0.371 e. The van der Waals surface area contributed by atoms with Crippen LogP contribution in [0.15, 0.2) is 42.5 Å². The maximum Gasteiger partial charge on any atom is 0.166 e. The first kappa shape index (κ1) is 30.9. The first-order valence-electron chi connectivity index (χ1n) is 15.6. The van der Waals surface area contributed by atoms with E-state index >= 15 is 0 Å². The van der Waals surface area contributed by atoms with Crippen molar-refractivity contribution in [1.29, 1.82) is 5.26 Å². The molecule has 0 saturated carbocycles. The van der Waals surface area contributed by atoms with E-state index in [0.717, 1.165) is 45.2 Å². The van der Waals surface area contributed by atoms with Gasteiger partial charge in [-0.05, 0) is 79.6 Å². The summed E-state index contributed by atoms with van der Waals surface area (Å²) in [6, 6.07) is 15.2. The lowest BCUT2D eigenvalue weighted by atomic mass is 9.87. The van der Waals surface area contributed by atoms with Crippen LogP contribution in [0, 0.1) is 23.1 Å². The monoisotopic (exact) mass is 532 g/mol. The zero-order chi connectivity index (χ0) is 27.9. The summed E-state index contributed by atoms with van der Waals surface area (Å²) in [5.41, 5.74) is 4.31. The molecule has 0 radical (unpaired) electrons. The average molecular weight is 533 g/mol. The van der Waals surface area contributed by atoms with Gasteiger partial charge in [0.1, 0.15) is 5.82 Å². The number of unbranched alkanes of at least 4 members (excludes halogenated alkanes) is 9. The molecule has 2 aromatic rings. The molecule has 1 saturated heterocycles. The highest BCUT2D eigenvalue weighted by Crippen LogP contribution is 2.32. The van der Waals surface area contributed by atoms with Crippen molar-refractivity contribution < 1.29 is 9.18 Å². The molecule has 0 aromatic heterocycles. The van der Waals surface area contributed by atoms with Crippen LogP contribution in [0.2, 0.25) is 0 Å². The molecule has 0 bridgehead atoms. The number of benzene rings is 2. The number of hydrogen-bond acceptors (Lipinski definition) is 3. The van der Waals surface area contributed by atoms with Gasteiger partial charge in [0.25, 0.3) is 0 Å². The van der Waals surface area contributed by atoms with E-state index in [1.807, 2.05) is 0 Å². The number of nitrogens with zero attached hydrogens (tertiary/aromatic N) is 2. The number of nitriles is 1. The molecule has 1 unspecified atom stereocenters. The summed E-state index contributed by atoms with van der Waals surface area (Å²) in [4.78, 5) is 15.3. The minimum Gasteiger partial charge on any atom is -0.371 e. The Morgan fingerprint density at radius 2 is 1.51 bits per heavy atom. The molecule has 1 fully saturated rings. The molecular formula is C35H49FN2O. The number of halogens is 1. The molecule has 4 heteroatoms. The Kier molecular flexibility index (Phi) is 13.5. The molecule has 0 spiro atoms. The molecule has 212 valence electrons. The highest BCUT2D eigenvalue weighted by atomic mass is 19.1. The summed E-state index contributed by atoms with van der Waals surface area (Å²) in [6.45, 7) is 6.06. The van der Waals surface area contributed by atoms with E-state index in [1.54, 1.807) is 12.1 Å². The molecule has 1 heterocycles. The van der Waals surface area contributed by atoms with Crippen LogP contribution in [-0.2, 0) is 6.42 Å². The van der Waals surface area contributed by atoms with Crippen molar-refractivity contribution >= 4 is 11.5 Å². The first-order chi connectivity index (χ1) is 19.1. The third-order valence-corrected chi connectivity index (χ3v) is 8.40. The number of hydrogen-bond donors (Lipinski definition) is 0. The highest BCUT2D eigenvalue weighted by Gasteiger charge is 2.27. The zero-order valence-corrected chi connectivity index (χ0v) is 24.4. The number of ketones is 1. The molecule has 2 aromatic carbocycles. The molecule has 0 N–H and O–H groups in total. The molecule has 1 aliphatic rings. The maximum absolute atomic E-state index is 13.3. The normalized spacial score (nSPS) is 14.8. The molecule has 0 aliphatic carbocycles. The van der Waals surface area contributed by atoms with Gasteiger partial charge in [-0.3, -0.25) is 4.79 Å². The zero-order valence-electron chi connectivity index (χ0n) is 24.4. The lowest BCUT2D eigenvalue weighted by Crippen LogP contribution is -2.36. The Balaban J connectivity index is 1.55. The minimum absolute atomic E-state index is 0.0197. The maximum atomic E-state index is 13.3. The summed E-state index contributed by atoms with van der Waals surface area (Å²) in [5.74, 6) is -0.276. The second-order valence-electron chi connectivity index (χ2n) is 11.4. The van der Waals surface area contributed by atoms with Crippen molar-refractivity contribution in [3.05, 3.63) is 65.0 Å². The molecule has 1 atom stereocenters. The van der Waals surface area contributed by atoms with E-state index in [-0.39, 0.29) is 23.4 Å². The third-order valence-electron chi connectivity index (χ3n) is 8.40. The molecule has 39 heavy (non-hydrogen) atoms. The second-order valence-corrected chi connectivity index (χ2v) is 11.4. The lowest BCUT2D eigenvalue weighted by molar-refractivity contribution is 0.0900. The predicted molar refractivity (Wildman–Crippen MR) is 161 cm³/mol. The fourth-order valence-electron chi connectivity index (χ4n) is 5.96. The van der Waals surface area contributed by atoms with Crippen molar-refractivity contribution in [3.8, 4) is 6.07 Å². The van der Waals surface area contributed by atoms with Crippen molar-refractivity contribution in [3.63, 3.8) is 0 Å². The number of anilines is 1. The van der Waals surface area contributed by atoms with Crippen LogP contribution in [0.1, 0.15) is 131 Å². The quantitative estimate of drug-likeness (QED) is 0.150. The van der Waals surface area contributed by atoms with Gasteiger partial charge in [-0.2, -0.15) is 5.26 Å². The van der Waals surface area contributed by atoms with E-state index in [1.165, 1.54) is 93.2 Å². The highest BCUT2D eigenvalue weighted by molar-refractivity contribution is 5.98. The fourth-order valence-corrected chi connectivity index (χ4v) is 5.96. The Morgan fingerprint density at radius 3 is 2.10 bits per heavy atom. The van der Waals surface area contributed by atoms with Gasteiger partial charge < -0.3 is 4.90 Å². The summed E-state index contributed by atoms with van der Waals surface area (Å²) in [5, 5.41) is 9.98. The number of piperidine rings is 1. The van der Waals surface area contributed by atoms with Gasteiger partial charge in [0, 0.05) is 30.3 Å². The van der Waals surface area contributed by atoms with Crippen molar-refractivity contribution in [2.75, 3.05) is 18.0 Å². The van der Waals surface area contributed by atoms with Gasteiger partial charge in [0.05, 0.1) is 12.0 Å². The second kappa shape index (κ2) is 17.1. The standard InChI is InChI=1S/C35H49FN2O/c1-3-5-6-7-8-9-10-11-12-13-15-28-18-21-33(26-34(28)31(27-37)14-4-2)38-24-22-30(23-25-38)35(39)29-16-19-32(36)20-17-29/h16-21,26,30-31H,3-15,22-25H2,1-2H3. The Bertz CT molecular complexity index is 1030. The van der Waals surface area contributed by atoms with Crippen LogP contribution in [0.3, 0.4) is 0 Å². The van der Waals surface area contributed by atoms with E-state index in [9.17, 15) is 14.4 Å². The van der Waals surface area contributed by atoms with E-state index < -0.39 is 0 Å². The van der Waals surface area contributed by atoms with Gasteiger partial charge in [-0.15, -0.1) is 0 Å². The summed E-state index contributed by atoms with van der Waals surface area (Å²) < 4.78 is 13.3. The number of aryl methyl sites for hydroxylation is 1. The van der Waals surface area contributed by atoms with Gasteiger partial charge in [-0.1, -0.05) is 84.1 Å². The SMILES string of the molecule is CCCCCCCCCCCCc1ccc(N2CCC(C(=O)c3ccc(F)cc3)CC2)cc1C(C#N)CCC. The van der Waals surface area contributed by atoms with E-state index in [0.29, 0.717) is 5.56 Å². The molecule has 3 rings (SSSR count). The van der Waals surface area contributed by atoms with Gasteiger partial charge >= 0.3 is 0 Å². The van der Waals surface area contributed by atoms with Crippen LogP contribution >= 0.6 is 0 Å². The van der Waals surface area contributed by atoms with Crippen LogP contribution in [0.5, 0.6) is 0 Å². The van der Waals surface area contributed by atoms with Crippen LogP contribution in [0.25, 0.3) is 0 Å². The number of carbonyl (C=O) groups is 1. The summed E-state index contributed by atoms with van der Waals surface area (Å²) in [6.07, 6.45) is 17.8. The van der Waals surface area contributed by atoms with Crippen LogP contribution < -0.4 is 4.90 Å². The molecule has 1 aliphatic heterocycles. The number of carbonyl (C=O) groups excluding carboxylic acids is 1. The summed E-state index contributed by atoms with van der Waals surface area (Å²) >= 11 is 0. The van der Waals surface area contributed by atoms with Crippen molar-refractivity contribution in [2.24, 2.45) is 5.92 Å². The predicted octanol–water partition coefficient (Wildman–Crippen LogP) is 9.80. The first-order valence-corrected chi connectivity index (χ1v) is 15.6. The smallest absolute Gasteiger partial charge is 0.166 e. The van der Waals surface area contributed by atoms with Crippen LogP contribution in [-0.4, -0.2) is 18.9 Å². The Morgan fingerprint density at radius 1 is 0.897 bits per heavy atom. The molecule has 3 nitrogen and oxygen atoms in total. The molecule has 0 amide bonds. The van der Waals surface area contributed by atoms with Crippen molar-refractivity contribution in [2.45, 2.75) is 116 Å². The van der Waals surface area contributed by atoms with E-state index in [2.05, 4.69) is 43.0 Å². The van der Waals surface area contributed by atoms with Crippen LogP contribution in [0.4, 0.5) is 10.1 Å². The minimum atomic E-state index is -0.312. The fraction of sp³-hybridized carbons (Fsp3) is 0.600. The Labute approximate surface area is 236 Å². The molecular weight excluding hydrogens is 483 g/mol. The van der Waals surface area contributed by atoms with Gasteiger partial charge in [-0.25, -0.2) is 4.39 Å². The number of rotatable bonds is 17. The van der Waals surface area contributed by atoms with Gasteiger partial charge in [0.15, 0.2) is 5.78 Å². The lowest BCUT2D eigenvalue weighted by Gasteiger charge is -2.33.